The first kappa shape index (κ1) is 33.0. The second-order valence-corrected chi connectivity index (χ2v) is 10.4. The maximum atomic E-state index is 12.9. The molecule has 2 amide bonds. The molecule has 3 aromatic carbocycles. The molecule has 9 nitrogen and oxygen atoms in total. The lowest BCUT2D eigenvalue weighted by atomic mass is 9.77. The zero-order valence-electron chi connectivity index (χ0n) is 24.4. The van der Waals surface area contributed by atoms with Crippen LogP contribution >= 0.6 is 0 Å². The van der Waals surface area contributed by atoms with Crippen LogP contribution in [-0.2, 0) is 24.7 Å². The molecule has 9 heteroatoms. The molecule has 228 valence electrons. The van der Waals surface area contributed by atoms with Crippen molar-refractivity contribution in [1.82, 2.24) is 15.5 Å². The first-order valence-electron chi connectivity index (χ1n) is 14.7. The van der Waals surface area contributed by atoms with Crippen LogP contribution in [0.15, 0.2) is 91.0 Å². The van der Waals surface area contributed by atoms with Crippen LogP contribution in [0.5, 0.6) is 0 Å². The molecule has 0 radical (unpaired) electrons. The summed E-state index contributed by atoms with van der Waals surface area (Å²) in [7, 11) is 0. The molecule has 0 spiro atoms. The van der Waals surface area contributed by atoms with Gasteiger partial charge in [-0.25, -0.2) is 0 Å². The summed E-state index contributed by atoms with van der Waals surface area (Å²) in [6.07, 6.45) is 1.28. The first-order valence-corrected chi connectivity index (χ1v) is 14.7. The van der Waals surface area contributed by atoms with E-state index in [4.69, 9.17) is 10.2 Å². The van der Waals surface area contributed by atoms with Gasteiger partial charge in [0.15, 0.2) is 0 Å². The second kappa shape index (κ2) is 17.5. The summed E-state index contributed by atoms with van der Waals surface area (Å²) in [5.41, 5.74) is 2.65. The lowest BCUT2D eigenvalue weighted by Gasteiger charge is -2.37. The highest BCUT2D eigenvalue weighted by molar-refractivity contribution is 5.81. The SMILES string of the molecule is O=C(O)CCC(=O)NCCCCN(CCCNC(c1ccccc1)(c1ccccc1)c1ccccc1)C(=O)CCC(=O)O. The number of aliphatic carboxylic acids is 2. The molecular weight excluding hydrogens is 546 g/mol. The van der Waals surface area contributed by atoms with Gasteiger partial charge in [-0.3, -0.25) is 24.5 Å². The Morgan fingerprint density at radius 1 is 0.581 bits per heavy atom. The number of hydrogen-bond donors (Lipinski definition) is 4. The maximum Gasteiger partial charge on any atom is 0.303 e. The summed E-state index contributed by atoms with van der Waals surface area (Å²) in [4.78, 5) is 48.1. The summed E-state index contributed by atoms with van der Waals surface area (Å²) in [6.45, 7) is 1.85. The molecule has 0 heterocycles. The summed E-state index contributed by atoms with van der Waals surface area (Å²) >= 11 is 0. The number of nitrogens with zero attached hydrogens (tertiary/aromatic N) is 1. The molecule has 0 atom stereocenters. The molecule has 0 bridgehead atoms. The van der Waals surface area contributed by atoms with Crippen LogP contribution in [0.25, 0.3) is 0 Å². The van der Waals surface area contributed by atoms with Crippen molar-refractivity contribution in [3.05, 3.63) is 108 Å². The standard InChI is InChI=1S/C34H41N3O6/c38-30(19-21-32(40)41)35-23-10-11-25-37(31(39)20-22-33(42)43)26-12-24-36-34(27-13-4-1-5-14-27,28-15-6-2-7-16-28)29-17-8-3-9-18-29/h1-9,13-18,36H,10-12,19-26H2,(H,35,38)(H,40,41)(H,42,43). The minimum Gasteiger partial charge on any atom is -0.481 e. The molecule has 0 saturated carbocycles. The number of unbranched alkanes of at least 4 members (excludes halogenated alkanes) is 1. The highest BCUT2D eigenvalue weighted by Crippen LogP contribution is 2.36. The molecule has 0 aliphatic rings. The molecule has 3 aromatic rings. The van der Waals surface area contributed by atoms with E-state index in [9.17, 15) is 19.2 Å². The smallest absolute Gasteiger partial charge is 0.303 e. The van der Waals surface area contributed by atoms with E-state index >= 15 is 0 Å². The number of hydrogen-bond acceptors (Lipinski definition) is 5. The number of rotatable bonds is 19. The zero-order chi connectivity index (χ0) is 30.9. The summed E-state index contributed by atoms with van der Waals surface area (Å²) in [6, 6.07) is 30.8. The average Bonchev–Trinajstić information content (AvgIpc) is 3.03. The minimum atomic E-state index is -1.02. The predicted octanol–water partition coefficient (Wildman–Crippen LogP) is 4.41. The summed E-state index contributed by atoms with van der Waals surface area (Å²) < 4.78 is 0. The van der Waals surface area contributed by atoms with E-state index in [1.807, 2.05) is 54.6 Å². The number of carboxylic acids is 2. The monoisotopic (exact) mass is 587 g/mol. The Morgan fingerprint density at radius 2 is 1.05 bits per heavy atom. The fraction of sp³-hybridized carbons (Fsp3) is 0.353. The highest BCUT2D eigenvalue weighted by atomic mass is 16.4. The molecule has 43 heavy (non-hydrogen) atoms. The molecule has 0 saturated heterocycles. The minimum absolute atomic E-state index is 0.0709. The fourth-order valence-electron chi connectivity index (χ4n) is 5.11. The van der Waals surface area contributed by atoms with Gasteiger partial charge in [0, 0.05) is 32.5 Å². The zero-order valence-corrected chi connectivity index (χ0v) is 24.4. The number of amides is 2. The predicted molar refractivity (Wildman–Crippen MR) is 164 cm³/mol. The topological polar surface area (TPSA) is 136 Å². The number of carboxylic acid groups (broad SMARTS) is 2. The van der Waals surface area contributed by atoms with Gasteiger partial charge in [0.2, 0.25) is 11.8 Å². The quantitative estimate of drug-likeness (QED) is 0.120. The lowest BCUT2D eigenvalue weighted by Crippen LogP contribution is -2.46. The Bertz CT molecular complexity index is 1200. The van der Waals surface area contributed by atoms with Gasteiger partial charge in [-0.2, -0.15) is 0 Å². The van der Waals surface area contributed by atoms with Gasteiger partial charge in [0.1, 0.15) is 0 Å². The third kappa shape index (κ3) is 10.4. The van der Waals surface area contributed by atoms with E-state index in [1.54, 1.807) is 4.90 Å². The van der Waals surface area contributed by atoms with Gasteiger partial charge in [-0.15, -0.1) is 0 Å². The molecule has 0 unspecified atom stereocenters. The second-order valence-electron chi connectivity index (χ2n) is 10.4. The summed E-state index contributed by atoms with van der Waals surface area (Å²) in [5, 5.41) is 24.3. The molecule has 0 aromatic heterocycles. The van der Waals surface area contributed by atoms with Gasteiger partial charge in [0.25, 0.3) is 0 Å². The number of carbonyl (C=O) groups excluding carboxylic acids is 2. The van der Waals surface area contributed by atoms with Gasteiger partial charge < -0.3 is 20.4 Å². The van der Waals surface area contributed by atoms with Crippen LogP contribution in [0.2, 0.25) is 0 Å². The highest BCUT2D eigenvalue weighted by Gasteiger charge is 2.35. The van der Waals surface area contributed by atoms with Crippen LogP contribution in [0.1, 0.15) is 61.6 Å². The molecule has 4 N–H and O–H groups in total. The van der Waals surface area contributed by atoms with Crippen LogP contribution in [0.3, 0.4) is 0 Å². The van der Waals surface area contributed by atoms with E-state index < -0.39 is 17.5 Å². The van der Waals surface area contributed by atoms with Crippen molar-refractivity contribution in [3.63, 3.8) is 0 Å². The average molecular weight is 588 g/mol. The first-order chi connectivity index (χ1) is 20.8. The third-order valence-corrected chi connectivity index (χ3v) is 7.26. The Hall–Kier alpha value is -4.50. The van der Waals surface area contributed by atoms with Crippen molar-refractivity contribution in [2.75, 3.05) is 26.2 Å². The van der Waals surface area contributed by atoms with Gasteiger partial charge >= 0.3 is 11.9 Å². The van der Waals surface area contributed by atoms with Crippen LogP contribution < -0.4 is 10.6 Å². The number of nitrogens with one attached hydrogen (secondary N) is 2. The third-order valence-electron chi connectivity index (χ3n) is 7.26. The van der Waals surface area contributed by atoms with E-state index in [0.29, 0.717) is 45.4 Å². The molecular formula is C34H41N3O6. The van der Waals surface area contributed by atoms with Crippen molar-refractivity contribution in [3.8, 4) is 0 Å². The summed E-state index contributed by atoms with van der Waals surface area (Å²) in [5.74, 6) is -2.57. The molecule has 0 aliphatic heterocycles. The number of carbonyl (C=O) groups is 4. The Labute approximate surface area is 252 Å². The lowest BCUT2D eigenvalue weighted by molar-refractivity contribution is -0.141. The van der Waals surface area contributed by atoms with E-state index in [2.05, 4.69) is 47.0 Å². The molecule has 3 rings (SSSR count). The number of benzene rings is 3. The molecule has 0 aliphatic carbocycles. The van der Waals surface area contributed by atoms with E-state index in [0.717, 1.165) is 16.7 Å². The Morgan fingerprint density at radius 3 is 1.53 bits per heavy atom. The van der Waals surface area contributed by atoms with Crippen molar-refractivity contribution >= 4 is 23.8 Å². The van der Waals surface area contributed by atoms with Crippen molar-refractivity contribution < 1.29 is 29.4 Å². The van der Waals surface area contributed by atoms with Crippen LogP contribution in [0, 0.1) is 0 Å². The largest absolute Gasteiger partial charge is 0.481 e. The maximum absolute atomic E-state index is 12.9. The van der Waals surface area contributed by atoms with E-state index in [1.165, 1.54) is 0 Å². The Balaban J connectivity index is 1.68. The van der Waals surface area contributed by atoms with Crippen molar-refractivity contribution in [2.45, 2.75) is 50.5 Å². The molecule has 0 fully saturated rings. The fourth-order valence-corrected chi connectivity index (χ4v) is 5.11. The van der Waals surface area contributed by atoms with Gasteiger partial charge in [0.05, 0.1) is 18.4 Å². The van der Waals surface area contributed by atoms with Crippen molar-refractivity contribution in [1.29, 1.82) is 0 Å². The van der Waals surface area contributed by atoms with Crippen LogP contribution in [0.4, 0.5) is 0 Å². The van der Waals surface area contributed by atoms with Crippen LogP contribution in [-0.4, -0.2) is 65.0 Å². The normalized spacial score (nSPS) is 11.1. The van der Waals surface area contributed by atoms with E-state index in [-0.39, 0.29) is 37.5 Å². The Kier molecular flexibility index (Phi) is 13.4. The van der Waals surface area contributed by atoms with Gasteiger partial charge in [-0.1, -0.05) is 91.0 Å². The van der Waals surface area contributed by atoms with Gasteiger partial charge in [-0.05, 0) is 42.5 Å². The van der Waals surface area contributed by atoms with Crippen molar-refractivity contribution in [2.24, 2.45) is 0 Å².